The number of nitrogens with zero attached hydrogens (tertiary/aromatic N) is 1. The number of phenols is 1. The van der Waals surface area contributed by atoms with E-state index in [4.69, 9.17) is 9.47 Å². The minimum atomic E-state index is -1.67. The van der Waals surface area contributed by atoms with E-state index in [1.165, 1.54) is 32.0 Å². The van der Waals surface area contributed by atoms with Crippen LogP contribution in [0.5, 0.6) is 17.2 Å². The zero-order chi connectivity index (χ0) is 24.6. The molecular formula is C24H26N2O7S. The van der Waals surface area contributed by atoms with Crippen LogP contribution in [-0.2, 0) is 14.4 Å². The Balaban J connectivity index is 1.84. The summed E-state index contributed by atoms with van der Waals surface area (Å²) in [5.41, 5.74) is -0.994. The molecule has 4 atom stereocenters. The number of phenolic OH excluding ortho intramolecular Hbond substituents is 1. The van der Waals surface area contributed by atoms with E-state index in [1.807, 2.05) is 6.26 Å². The Bertz CT molecular complexity index is 1120. The molecule has 34 heavy (non-hydrogen) atoms. The van der Waals surface area contributed by atoms with Crippen LogP contribution in [0.15, 0.2) is 42.5 Å². The van der Waals surface area contributed by atoms with Crippen LogP contribution in [-0.4, -0.2) is 59.8 Å². The summed E-state index contributed by atoms with van der Waals surface area (Å²) in [6.07, 6.45) is 1.98. The molecule has 180 valence electrons. The fourth-order valence-electron chi connectivity index (χ4n) is 4.97. The highest BCUT2D eigenvalue weighted by Crippen LogP contribution is 2.52. The van der Waals surface area contributed by atoms with Crippen LogP contribution in [0.4, 0.5) is 5.69 Å². The highest BCUT2D eigenvalue weighted by atomic mass is 32.2. The maximum Gasteiger partial charge on any atom is 0.324 e. The van der Waals surface area contributed by atoms with Crippen LogP contribution in [0.2, 0.25) is 0 Å². The van der Waals surface area contributed by atoms with Crippen LogP contribution in [0.25, 0.3) is 0 Å². The number of carbonyl (C=O) groups is 3. The molecule has 0 saturated carbocycles. The Morgan fingerprint density at radius 3 is 2.29 bits per heavy atom. The molecule has 2 fully saturated rings. The van der Waals surface area contributed by atoms with E-state index in [1.54, 1.807) is 36.4 Å². The van der Waals surface area contributed by atoms with Crippen molar-refractivity contribution in [2.24, 2.45) is 11.8 Å². The number of aliphatic carboxylic acids is 1. The monoisotopic (exact) mass is 486 g/mol. The van der Waals surface area contributed by atoms with Gasteiger partial charge in [0, 0.05) is 17.7 Å². The Morgan fingerprint density at radius 2 is 1.74 bits per heavy atom. The van der Waals surface area contributed by atoms with E-state index < -0.39 is 41.2 Å². The van der Waals surface area contributed by atoms with Gasteiger partial charge in [-0.25, -0.2) is 4.90 Å². The lowest BCUT2D eigenvalue weighted by molar-refractivity contribution is -0.148. The Kier molecular flexibility index (Phi) is 6.46. The number of nitrogens with one attached hydrogen (secondary N) is 1. The molecule has 2 saturated heterocycles. The predicted molar refractivity (Wildman–Crippen MR) is 126 cm³/mol. The lowest BCUT2D eigenvalue weighted by Crippen LogP contribution is -2.56. The first-order valence-corrected chi connectivity index (χ1v) is 12.1. The summed E-state index contributed by atoms with van der Waals surface area (Å²) in [5, 5.41) is 24.1. The van der Waals surface area contributed by atoms with Gasteiger partial charge in [0.15, 0.2) is 0 Å². The van der Waals surface area contributed by atoms with Crippen LogP contribution in [0.1, 0.15) is 18.0 Å². The van der Waals surface area contributed by atoms with E-state index in [0.29, 0.717) is 28.5 Å². The van der Waals surface area contributed by atoms with Gasteiger partial charge in [-0.1, -0.05) is 6.07 Å². The highest BCUT2D eigenvalue weighted by Gasteiger charge is 2.68. The topological polar surface area (TPSA) is 125 Å². The molecule has 2 heterocycles. The van der Waals surface area contributed by atoms with Gasteiger partial charge in [0.1, 0.15) is 22.8 Å². The molecule has 0 aromatic heterocycles. The molecule has 0 radical (unpaired) electrons. The molecule has 4 rings (SSSR count). The maximum atomic E-state index is 13.7. The molecule has 3 N–H and O–H groups in total. The molecule has 0 spiro atoms. The molecular weight excluding hydrogens is 460 g/mol. The summed E-state index contributed by atoms with van der Waals surface area (Å²) in [4.78, 5) is 41.1. The Hall–Kier alpha value is -3.24. The standard InChI is InChI=1S/C24H26N2O7S/c1-32-14-6-4-13(5-7-14)26-21(28)18-19(22(26)29)24(23(30)31,10-11-34-3)25-20(18)16-9-8-15(33-2)12-17(16)27/h4-9,12,18-20,25,27H,10-11H2,1-3H3,(H,30,31). The number of anilines is 1. The number of carbonyl (C=O) groups excluding carboxylic acids is 2. The van der Waals surface area contributed by atoms with Crippen molar-refractivity contribution in [1.82, 2.24) is 5.32 Å². The average molecular weight is 487 g/mol. The number of fused-ring (bicyclic) bond motifs is 1. The van der Waals surface area contributed by atoms with Crippen molar-refractivity contribution in [3.05, 3.63) is 48.0 Å². The van der Waals surface area contributed by atoms with Gasteiger partial charge in [0.05, 0.1) is 31.7 Å². The fraction of sp³-hybridized carbons (Fsp3) is 0.375. The highest BCUT2D eigenvalue weighted by molar-refractivity contribution is 7.98. The number of rotatable bonds is 8. The molecule has 2 aliphatic heterocycles. The number of hydrogen-bond donors (Lipinski definition) is 3. The van der Waals surface area contributed by atoms with Gasteiger partial charge in [-0.2, -0.15) is 11.8 Å². The third-order valence-electron chi connectivity index (χ3n) is 6.64. The second-order valence-electron chi connectivity index (χ2n) is 8.28. The Morgan fingerprint density at radius 1 is 1.09 bits per heavy atom. The molecule has 2 aliphatic rings. The van der Waals surface area contributed by atoms with Crippen molar-refractivity contribution in [2.75, 3.05) is 31.1 Å². The normalized spacial score (nSPS) is 26.0. The zero-order valence-corrected chi connectivity index (χ0v) is 19.8. The SMILES string of the molecule is COc1ccc(N2C(=O)C3C(c4ccc(OC)cc4O)NC(CCSC)(C(=O)O)C3C2=O)cc1. The van der Waals surface area contributed by atoms with Crippen molar-refractivity contribution in [3.8, 4) is 17.2 Å². The van der Waals surface area contributed by atoms with Gasteiger partial charge in [-0.15, -0.1) is 0 Å². The molecule has 0 aliphatic carbocycles. The lowest BCUT2D eigenvalue weighted by Gasteiger charge is -2.31. The number of aromatic hydroxyl groups is 1. The number of amides is 2. The van der Waals surface area contributed by atoms with Crippen molar-refractivity contribution in [3.63, 3.8) is 0 Å². The number of carboxylic acids is 1. The molecule has 0 bridgehead atoms. The number of imide groups is 1. The molecule has 2 aromatic rings. The first kappa shape index (κ1) is 23.9. The van der Waals surface area contributed by atoms with Crippen LogP contribution >= 0.6 is 11.8 Å². The summed E-state index contributed by atoms with van der Waals surface area (Å²) < 4.78 is 10.3. The molecule has 10 heteroatoms. The van der Waals surface area contributed by atoms with Crippen molar-refractivity contribution >= 4 is 35.2 Å². The van der Waals surface area contributed by atoms with Crippen LogP contribution < -0.4 is 19.7 Å². The predicted octanol–water partition coefficient (Wildman–Crippen LogP) is 2.44. The number of ether oxygens (including phenoxy) is 2. The van der Waals surface area contributed by atoms with Gasteiger partial charge in [-0.3, -0.25) is 19.7 Å². The maximum absolute atomic E-state index is 13.7. The lowest BCUT2D eigenvalue weighted by atomic mass is 9.78. The molecule has 2 amide bonds. The zero-order valence-electron chi connectivity index (χ0n) is 19.0. The number of benzene rings is 2. The van der Waals surface area contributed by atoms with Gasteiger partial charge in [0.25, 0.3) is 0 Å². The first-order valence-electron chi connectivity index (χ1n) is 10.7. The molecule has 9 nitrogen and oxygen atoms in total. The summed E-state index contributed by atoms with van der Waals surface area (Å²) in [7, 11) is 2.97. The summed E-state index contributed by atoms with van der Waals surface area (Å²) in [6, 6.07) is 10.2. The van der Waals surface area contributed by atoms with E-state index in [0.717, 1.165) is 4.90 Å². The number of carboxylic acid groups (broad SMARTS) is 1. The van der Waals surface area contributed by atoms with Crippen molar-refractivity contribution < 1.29 is 34.1 Å². The van der Waals surface area contributed by atoms with Gasteiger partial charge in [0.2, 0.25) is 11.8 Å². The van der Waals surface area contributed by atoms with Gasteiger partial charge in [-0.05, 0) is 48.8 Å². The summed E-state index contributed by atoms with van der Waals surface area (Å²) in [5.74, 6) is -3.15. The minimum absolute atomic E-state index is 0.132. The van der Waals surface area contributed by atoms with Crippen molar-refractivity contribution in [1.29, 1.82) is 0 Å². The summed E-state index contributed by atoms with van der Waals surface area (Å²) >= 11 is 1.45. The van der Waals surface area contributed by atoms with E-state index >= 15 is 0 Å². The number of hydrogen-bond acceptors (Lipinski definition) is 8. The summed E-state index contributed by atoms with van der Waals surface area (Å²) in [6.45, 7) is 0. The first-order chi connectivity index (χ1) is 16.3. The third-order valence-corrected chi connectivity index (χ3v) is 7.25. The van der Waals surface area contributed by atoms with Crippen LogP contribution in [0, 0.1) is 11.8 Å². The minimum Gasteiger partial charge on any atom is -0.507 e. The van der Waals surface area contributed by atoms with Gasteiger partial charge >= 0.3 is 5.97 Å². The largest absolute Gasteiger partial charge is 0.507 e. The van der Waals surface area contributed by atoms with Crippen LogP contribution in [0.3, 0.4) is 0 Å². The number of methoxy groups -OCH3 is 2. The number of thioether (sulfide) groups is 1. The molecule has 4 unspecified atom stereocenters. The third kappa shape index (κ3) is 3.67. The second-order valence-corrected chi connectivity index (χ2v) is 9.27. The van der Waals surface area contributed by atoms with Gasteiger partial charge < -0.3 is 19.7 Å². The van der Waals surface area contributed by atoms with E-state index in [2.05, 4.69) is 5.32 Å². The fourth-order valence-corrected chi connectivity index (χ4v) is 5.49. The quantitative estimate of drug-likeness (QED) is 0.482. The van der Waals surface area contributed by atoms with E-state index in [-0.39, 0.29) is 12.2 Å². The van der Waals surface area contributed by atoms with Crippen molar-refractivity contribution in [2.45, 2.75) is 18.0 Å². The smallest absolute Gasteiger partial charge is 0.324 e. The second kappa shape index (κ2) is 9.19. The molecule has 2 aromatic carbocycles. The Labute approximate surface area is 201 Å². The van der Waals surface area contributed by atoms with E-state index in [9.17, 15) is 24.6 Å². The average Bonchev–Trinajstić information content (AvgIpc) is 3.31.